The number of hydrogen-bond acceptors (Lipinski definition) is 6. The summed E-state index contributed by atoms with van der Waals surface area (Å²) in [6.07, 6.45) is 63.9. The molecule has 61 heavy (non-hydrogen) atoms. The Bertz CT molecular complexity index is 1250. The molecule has 0 saturated heterocycles. The highest BCUT2D eigenvalue weighted by Crippen LogP contribution is 2.12. The molecule has 0 aromatic heterocycles. The lowest BCUT2D eigenvalue weighted by Crippen LogP contribution is -2.30. The predicted molar refractivity (Wildman–Crippen MR) is 260 cm³/mol. The molecule has 0 aromatic rings. The molecule has 0 heterocycles. The van der Waals surface area contributed by atoms with Gasteiger partial charge in [-0.15, -0.1) is 0 Å². The van der Waals surface area contributed by atoms with E-state index in [9.17, 15) is 14.4 Å². The van der Waals surface area contributed by atoms with Crippen LogP contribution in [0.2, 0.25) is 0 Å². The highest BCUT2D eigenvalue weighted by Gasteiger charge is 2.19. The maximum atomic E-state index is 12.8. The summed E-state index contributed by atoms with van der Waals surface area (Å²) in [5.74, 6) is -0.981. The molecule has 0 aliphatic heterocycles. The van der Waals surface area contributed by atoms with Crippen molar-refractivity contribution in [3.8, 4) is 0 Å². The average Bonchev–Trinajstić information content (AvgIpc) is 3.26. The van der Waals surface area contributed by atoms with Crippen molar-refractivity contribution in [1.82, 2.24) is 0 Å². The number of unbranched alkanes of at least 4 members (excludes halogenated alkanes) is 16. The molecule has 0 aliphatic rings. The maximum Gasteiger partial charge on any atom is 0.306 e. The van der Waals surface area contributed by atoms with Gasteiger partial charge in [0.15, 0.2) is 6.10 Å². The van der Waals surface area contributed by atoms with E-state index >= 15 is 0 Å². The Kier molecular flexibility index (Phi) is 46.0. The number of ether oxygens (including phenoxy) is 3. The summed E-state index contributed by atoms with van der Waals surface area (Å²) in [6, 6.07) is 0. The van der Waals surface area contributed by atoms with Crippen LogP contribution in [-0.2, 0) is 28.6 Å². The molecule has 0 fully saturated rings. The lowest BCUT2D eigenvalue weighted by molar-refractivity contribution is -0.167. The monoisotopic (exact) mass is 847 g/mol. The zero-order valence-corrected chi connectivity index (χ0v) is 39.4. The van der Waals surface area contributed by atoms with Crippen molar-refractivity contribution in [2.75, 3.05) is 13.2 Å². The number of carbonyl (C=O) groups excluding carboxylic acids is 3. The van der Waals surface area contributed by atoms with E-state index in [-0.39, 0.29) is 37.5 Å². The summed E-state index contributed by atoms with van der Waals surface area (Å²) >= 11 is 0. The smallest absolute Gasteiger partial charge is 0.306 e. The van der Waals surface area contributed by atoms with Crippen LogP contribution in [0.5, 0.6) is 0 Å². The van der Waals surface area contributed by atoms with Crippen molar-refractivity contribution in [3.63, 3.8) is 0 Å². The fourth-order valence-electron chi connectivity index (χ4n) is 6.38. The first-order chi connectivity index (χ1) is 30.0. The van der Waals surface area contributed by atoms with Gasteiger partial charge in [-0.2, -0.15) is 0 Å². The van der Waals surface area contributed by atoms with Crippen LogP contribution in [-0.4, -0.2) is 37.2 Å². The molecule has 0 aromatic carbocycles. The highest BCUT2D eigenvalue weighted by molar-refractivity contribution is 5.71. The van der Waals surface area contributed by atoms with Crippen LogP contribution < -0.4 is 0 Å². The molecule has 0 spiro atoms. The molecule has 346 valence electrons. The first-order valence-electron chi connectivity index (χ1n) is 24.7. The maximum absolute atomic E-state index is 12.8. The van der Waals surface area contributed by atoms with Gasteiger partial charge in [0.1, 0.15) is 13.2 Å². The van der Waals surface area contributed by atoms with E-state index in [4.69, 9.17) is 14.2 Å². The topological polar surface area (TPSA) is 78.9 Å². The van der Waals surface area contributed by atoms with Gasteiger partial charge in [0.2, 0.25) is 0 Å². The molecule has 1 atom stereocenters. The zero-order chi connectivity index (χ0) is 44.4. The van der Waals surface area contributed by atoms with E-state index in [0.29, 0.717) is 12.8 Å². The second-order valence-corrected chi connectivity index (χ2v) is 16.0. The van der Waals surface area contributed by atoms with E-state index < -0.39 is 6.10 Å². The minimum absolute atomic E-state index is 0.106. The molecule has 0 aliphatic carbocycles. The van der Waals surface area contributed by atoms with Gasteiger partial charge in [0, 0.05) is 19.3 Å². The third-order valence-corrected chi connectivity index (χ3v) is 10.1. The summed E-state index contributed by atoms with van der Waals surface area (Å²) in [7, 11) is 0. The Labute approximate surface area is 375 Å². The first-order valence-corrected chi connectivity index (χ1v) is 24.7. The van der Waals surface area contributed by atoms with Gasteiger partial charge < -0.3 is 14.2 Å². The van der Waals surface area contributed by atoms with E-state index in [1.807, 2.05) is 0 Å². The Morgan fingerprint density at radius 3 is 1.03 bits per heavy atom. The van der Waals surface area contributed by atoms with Gasteiger partial charge in [0.25, 0.3) is 0 Å². The molecule has 1 unspecified atom stereocenters. The molecule has 6 heteroatoms. The van der Waals surface area contributed by atoms with Gasteiger partial charge in [-0.25, -0.2) is 0 Å². The minimum Gasteiger partial charge on any atom is -0.462 e. The van der Waals surface area contributed by atoms with Crippen molar-refractivity contribution < 1.29 is 28.6 Å². The van der Waals surface area contributed by atoms with Crippen LogP contribution in [0.15, 0.2) is 97.2 Å². The van der Waals surface area contributed by atoms with Crippen LogP contribution >= 0.6 is 0 Å². The van der Waals surface area contributed by atoms with Crippen molar-refractivity contribution in [2.24, 2.45) is 0 Å². The first kappa shape index (κ1) is 57.3. The molecule has 0 saturated carbocycles. The number of hydrogen-bond donors (Lipinski definition) is 0. The second kappa shape index (κ2) is 49.0. The van der Waals surface area contributed by atoms with Gasteiger partial charge in [-0.05, 0) is 116 Å². The SMILES string of the molecule is CC/C=C\C/C=C\C/C=C\C/C=C\CCCCCC(=O)OCC(COC(=O)CCCCC/C=C\CCCCCCCC)OC(=O)CCCCCC/C=C\C/C=C\C/C=C\CC. The third kappa shape index (κ3) is 47.2. The largest absolute Gasteiger partial charge is 0.462 e. The van der Waals surface area contributed by atoms with Gasteiger partial charge >= 0.3 is 17.9 Å². The van der Waals surface area contributed by atoms with E-state index in [0.717, 1.165) is 135 Å². The fraction of sp³-hybridized carbons (Fsp3) is 0.655. The van der Waals surface area contributed by atoms with Crippen LogP contribution in [0.4, 0.5) is 0 Å². The van der Waals surface area contributed by atoms with Crippen molar-refractivity contribution in [3.05, 3.63) is 97.2 Å². The quantitative estimate of drug-likeness (QED) is 0.0263. The summed E-state index contributed by atoms with van der Waals surface area (Å²) in [5, 5.41) is 0. The Hall–Kier alpha value is -3.67. The normalized spacial score (nSPS) is 12.9. The Balaban J connectivity index is 4.51. The number of rotatable bonds is 43. The fourth-order valence-corrected chi connectivity index (χ4v) is 6.38. The third-order valence-electron chi connectivity index (χ3n) is 10.1. The zero-order valence-electron chi connectivity index (χ0n) is 39.4. The Morgan fingerprint density at radius 1 is 0.344 bits per heavy atom. The molecular formula is C55H90O6. The van der Waals surface area contributed by atoms with Gasteiger partial charge in [-0.1, -0.05) is 176 Å². The number of allylic oxidation sites excluding steroid dienone is 16. The van der Waals surface area contributed by atoms with Gasteiger partial charge in [-0.3, -0.25) is 14.4 Å². The molecule has 0 N–H and O–H groups in total. The van der Waals surface area contributed by atoms with Crippen molar-refractivity contribution in [2.45, 2.75) is 219 Å². The molecule has 0 amide bonds. The van der Waals surface area contributed by atoms with Crippen LogP contribution in [0.3, 0.4) is 0 Å². The van der Waals surface area contributed by atoms with Crippen LogP contribution in [0.1, 0.15) is 213 Å². The highest BCUT2D eigenvalue weighted by atomic mass is 16.6. The molecule has 0 rings (SSSR count). The van der Waals surface area contributed by atoms with E-state index in [1.165, 1.54) is 38.5 Å². The molecular weight excluding hydrogens is 757 g/mol. The standard InChI is InChI=1S/C55H90O6/c1-4-7-10-13-16-19-22-25-27-28-31-33-36-39-42-45-48-54(57)60-51-52(50-59-53(56)47-44-41-38-35-32-29-24-21-18-15-12-9-6-3)61-55(58)49-46-43-40-37-34-30-26-23-20-17-14-11-8-5-2/h7-8,10-11,16-17,19-20,25-27,29-33,52H,4-6,9,12-15,18,21-24,28,34-51H2,1-3H3/b10-7-,11-8-,19-16-,20-17-,27-25-,30-26-,32-29-,33-31-. The van der Waals surface area contributed by atoms with E-state index in [1.54, 1.807) is 0 Å². The lowest BCUT2D eigenvalue weighted by atomic mass is 10.1. The molecule has 0 radical (unpaired) electrons. The van der Waals surface area contributed by atoms with Crippen molar-refractivity contribution in [1.29, 1.82) is 0 Å². The average molecular weight is 847 g/mol. The summed E-state index contributed by atoms with van der Waals surface area (Å²) in [5.41, 5.74) is 0. The van der Waals surface area contributed by atoms with Crippen LogP contribution in [0, 0.1) is 0 Å². The number of esters is 3. The molecule has 6 nitrogen and oxygen atoms in total. The van der Waals surface area contributed by atoms with Gasteiger partial charge in [0.05, 0.1) is 0 Å². The predicted octanol–water partition coefficient (Wildman–Crippen LogP) is 16.2. The summed E-state index contributed by atoms with van der Waals surface area (Å²) in [4.78, 5) is 37.9. The minimum atomic E-state index is -0.808. The van der Waals surface area contributed by atoms with Crippen molar-refractivity contribution >= 4 is 17.9 Å². The lowest BCUT2D eigenvalue weighted by Gasteiger charge is -2.18. The Morgan fingerprint density at radius 2 is 0.639 bits per heavy atom. The number of carbonyl (C=O) groups is 3. The summed E-state index contributed by atoms with van der Waals surface area (Å²) in [6.45, 7) is 6.32. The van der Waals surface area contributed by atoms with E-state index in [2.05, 4.69) is 118 Å². The summed E-state index contributed by atoms with van der Waals surface area (Å²) < 4.78 is 16.7. The second-order valence-electron chi connectivity index (χ2n) is 16.0. The van der Waals surface area contributed by atoms with Crippen LogP contribution in [0.25, 0.3) is 0 Å². The molecule has 0 bridgehead atoms.